The molecule has 0 spiro atoms. The summed E-state index contributed by atoms with van der Waals surface area (Å²) in [6.07, 6.45) is 1.35. The topological polar surface area (TPSA) is 77.0 Å². The lowest BCUT2D eigenvalue weighted by Gasteiger charge is -2.11. The number of benzene rings is 3. The van der Waals surface area contributed by atoms with Crippen molar-refractivity contribution in [2.45, 2.75) is 11.5 Å². The fraction of sp³-hybridized carbons (Fsp3) is 0.0952. The summed E-state index contributed by atoms with van der Waals surface area (Å²) in [5.74, 6) is 0.495. The molecule has 3 aromatic rings. The molecule has 0 aliphatic carbocycles. The monoisotopic (exact) mass is 414 g/mol. The molecule has 0 radical (unpaired) electrons. The molecule has 0 unspecified atom stereocenters. The maximum absolute atomic E-state index is 13.7. The van der Waals surface area contributed by atoms with Gasteiger partial charge in [-0.1, -0.05) is 36.4 Å². The molecule has 1 N–H and O–H groups in total. The lowest BCUT2D eigenvalue weighted by molar-refractivity contribution is 0.279. The molecule has 0 atom stereocenters. The summed E-state index contributed by atoms with van der Waals surface area (Å²) in [4.78, 5) is 2.27. The molecule has 0 aliphatic heterocycles. The van der Waals surface area contributed by atoms with Crippen molar-refractivity contribution in [3.8, 4) is 11.5 Å². The number of ether oxygens (including phenoxy) is 2. The summed E-state index contributed by atoms with van der Waals surface area (Å²) in [6, 6.07) is 19.2. The number of methoxy groups -OCH3 is 1. The van der Waals surface area contributed by atoms with E-state index < -0.39 is 10.0 Å². The summed E-state index contributed by atoms with van der Waals surface area (Å²) in [6.45, 7) is 0.0490. The Bertz CT molecular complexity index is 1100. The minimum absolute atomic E-state index is 0.0490. The van der Waals surface area contributed by atoms with Gasteiger partial charge in [0, 0.05) is 5.56 Å². The first-order valence-corrected chi connectivity index (χ1v) is 10.1. The summed E-state index contributed by atoms with van der Waals surface area (Å²) >= 11 is 0. The van der Waals surface area contributed by atoms with Gasteiger partial charge in [-0.05, 0) is 42.0 Å². The SMILES string of the molecule is COc1cc(/C=N\NS(=O)(=O)c2ccccc2)ccc1OCc1ccccc1F. The van der Waals surface area contributed by atoms with Crippen LogP contribution in [-0.4, -0.2) is 21.7 Å². The molecule has 0 aromatic heterocycles. The smallest absolute Gasteiger partial charge is 0.276 e. The lowest BCUT2D eigenvalue weighted by Crippen LogP contribution is -2.18. The van der Waals surface area contributed by atoms with Crippen molar-refractivity contribution in [3.63, 3.8) is 0 Å². The fourth-order valence-electron chi connectivity index (χ4n) is 2.48. The molecule has 0 saturated heterocycles. The molecule has 0 heterocycles. The second kappa shape index (κ2) is 9.20. The van der Waals surface area contributed by atoms with E-state index in [0.717, 1.165) is 0 Å². The van der Waals surface area contributed by atoms with Crippen LogP contribution in [-0.2, 0) is 16.6 Å². The molecule has 0 amide bonds. The van der Waals surface area contributed by atoms with Gasteiger partial charge in [0.1, 0.15) is 12.4 Å². The molecule has 29 heavy (non-hydrogen) atoms. The van der Waals surface area contributed by atoms with E-state index in [1.54, 1.807) is 54.6 Å². The highest BCUT2D eigenvalue weighted by Gasteiger charge is 2.11. The van der Waals surface area contributed by atoms with Gasteiger partial charge in [-0.3, -0.25) is 0 Å². The van der Waals surface area contributed by atoms with Crippen LogP contribution in [0.1, 0.15) is 11.1 Å². The second-order valence-electron chi connectivity index (χ2n) is 5.96. The van der Waals surface area contributed by atoms with E-state index in [1.807, 2.05) is 0 Å². The quantitative estimate of drug-likeness (QED) is 0.450. The third-order valence-corrected chi connectivity index (χ3v) is 5.21. The van der Waals surface area contributed by atoms with E-state index in [9.17, 15) is 12.8 Å². The number of rotatable bonds is 8. The maximum Gasteiger partial charge on any atom is 0.276 e. The molecular weight excluding hydrogens is 395 g/mol. The Morgan fingerprint density at radius 3 is 2.45 bits per heavy atom. The van der Waals surface area contributed by atoms with Gasteiger partial charge in [0.2, 0.25) is 0 Å². The Kier molecular flexibility index (Phi) is 6.46. The van der Waals surface area contributed by atoms with Crippen LogP contribution in [0.5, 0.6) is 11.5 Å². The highest BCUT2D eigenvalue weighted by Crippen LogP contribution is 2.28. The Balaban J connectivity index is 1.68. The van der Waals surface area contributed by atoms with Crippen molar-refractivity contribution in [3.05, 3.63) is 89.7 Å². The first-order valence-electron chi connectivity index (χ1n) is 8.64. The van der Waals surface area contributed by atoms with Crippen LogP contribution in [0.25, 0.3) is 0 Å². The first-order chi connectivity index (χ1) is 14.0. The number of halogens is 1. The minimum atomic E-state index is -3.74. The largest absolute Gasteiger partial charge is 0.493 e. The van der Waals surface area contributed by atoms with Crippen LogP contribution >= 0.6 is 0 Å². The predicted octanol–water partition coefficient (Wildman–Crippen LogP) is 3.73. The summed E-state index contributed by atoms with van der Waals surface area (Å²) < 4.78 is 49.0. The van der Waals surface area contributed by atoms with Gasteiger partial charge in [0.05, 0.1) is 18.2 Å². The van der Waals surface area contributed by atoms with Crippen molar-refractivity contribution in [1.82, 2.24) is 4.83 Å². The zero-order chi connectivity index (χ0) is 20.7. The Labute approximate surface area is 168 Å². The number of hydrogen-bond donors (Lipinski definition) is 1. The third kappa shape index (κ3) is 5.32. The molecule has 0 bridgehead atoms. The van der Waals surface area contributed by atoms with Gasteiger partial charge in [0.25, 0.3) is 10.0 Å². The predicted molar refractivity (Wildman–Crippen MR) is 108 cm³/mol. The summed E-state index contributed by atoms with van der Waals surface area (Å²) in [7, 11) is -2.26. The van der Waals surface area contributed by atoms with Crippen LogP contribution in [0, 0.1) is 5.82 Å². The average Bonchev–Trinajstić information content (AvgIpc) is 2.74. The Morgan fingerprint density at radius 2 is 1.72 bits per heavy atom. The third-order valence-electron chi connectivity index (χ3n) is 3.97. The van der Waals surface area contributed by atoms with Crippen LogP contribution in [0.3, 0.4) is 0 Å². The van der Waals surface area contributed by atoms with Gasteiger partial charge in [0.15, 0.2) is 11.5 Å². The summed E-state index contributed by atoms with van der Waals surface area (Å²) in [5, 5.41) is 3.79. The van der Waals surface area contributed by atoms with E-state index in [1.165, 1.54) is 31.5 Å². The van der Waals surface area contributed by atoms with E-state index in [2.05, 4.69) is 9.93 Å². The van der Waals surface area contributed by atoms with Crippen molar-refractivity contribution in [1.29, 1.82) is 0 Å². The highest BCUT2D eigenvalue weighted by atomic mass is 32.2. The van der Waals surface area contributed by atoms with Crippen molar-refractivity contribution in [2.24, 2.45) is 5.10 Å². The van der Waals surface area contributed by atoms with E-state index in [-0.39, 0.29) is 17.3 Å². The van der Waals surface area contributed by atoms with Crippen molar-refractivity contribution < 1.29 is 22.3 Å². The van der Waals surface area contributed by atoms with Crippen LogP contribution in [0.2, 0.25) is 0 Å². The zero-order valence-electron chi connectivity index (χ0n) is 15.6. The highest BCUT2D eigenvalue weighted by molar-refractivity contribution is 7.89. The number of sulfonamides is 1. The molecule has 3 rings (SSSR count). The van der Waals surface area contributed by atoms with Crippen LogP contribution in [0.15, 0.2) is 82.8 Å². The number of nitrogens with one attached hydrogen (secondary N) is 1. The van der Waals surface area contributed by atoms with Crippen molar-refractivity contribution in [2.75, 3.05) is 7.11 Å². The van der Waals surface area contributed by atoms with E-state index in [0.29, 0.717) is 22.6 Å². The molecule has 8 heteroatoms. The number of hydrogen-bond acceptors (Lipinski definition) is 5. The molecule has 6 nitrogen and oxygen atoms in total. The maximum atomic E-state index is 13.7. The number of nitrogens with zero attached hydrogens (tertiary/aromatic N) is 1. The van der Waals surface area contributed by atoms with Crippen molar-refractivity contribution >= 4 is 16.2 Å². The second-order valence-corrected chi connectivity index (χ2v) is 7.62. The van der Waals surface area contributed by atoms with Gasteiger partial charge < -0.3 is 9.47 Å². The minimum Gasteiger partial charge on any atom is -0.493 e. The first kappa shape index (κ1) is 20.3. The standard InChI is InChI=1S/C21H19FN2O4S/c1-27-21-13-16(14-23-24-29(25,26)18-8-3-2-4-9-18)11-12-20(21)28-15-17-7-5-6-10-19(17)22/h2-14,24H,15H2,1H3/b23-14-. The Morgan fingerprint density at radius 1 is 1.00 bits per heavy atom. The van der Waals surface area contributed by atoms with Gasteiger partial charge in [-0.15, -0.1) is 0 Å². The van der Waals surface area contributed by atoms with Crippen LogP contribution in [0.4, 0.5) is 4.39 Å². The lowest BCUT2D eigenvalue weighted by atomic mass is 10.2. The summed E-state index contributed by atoms with van der Waals surface area (Å²) in [5.41, 5.74) is 1.02. The van der Waals surface area contributed by atoms with Gasteiger partial charge in [-0.2, -0.15) is 13.5 Å². The molecule has 150 valence electrons. The molecule has 0 aliphatic rings. The normalized spacial score (nSPS) is 11.4. The molecule has 3 aromatic carbocycles. The number of hydrazone groups is 1. The zero-order valence-corrected chi connectivity index (χ0v) is 16.4. The van der Waals surface area contributed by atoms with E-state index >= 15 is 0 Å². The molecule has 0 fully saturated rings. The fourth-order valence-corrected chi connectivity index (χ4v) is 3.29. The molecular formula is C21H19FN2O4S. The van der Waals surface area contributed by atoms with Gasteiger partial charge in [-0.25, -0.2) is 9.22 Å². The average molecular weight is 414 g/mol. The Hall–Kier alpha value is -3.39. The molecule has 0 saturated carbocycles. The van der Waals surface area contributed by atoms with E-state index in [4.69, 9.17) is 9.47 Å². The van der Waals surface area contributed by atoms with Crippen LogP contribution < -0.4 is 14.3 Å². The van der Waals surface area contributed by atoms with Gasteiger partial charge >= 0.3 is 0 Å².